The van der Waals surface area contributed by atoms with Crippen molar-refractivity contribution in [3.63, 3.8) is 0 Å². The SMILES string of the molecule is C=C.CC/C=C(\SC)c1[nH]c2ccc(OC)cc2c1Sc1cc(OC)c(OC)c(OC)c1. The van der Waals surface area contributed by atoms with Gasteiger partial charge in [-0.1, -0.05) is 24.8 Å². The van der Waals surface area contributed by atoms with Crippen molar-refractivity contribution in [3.05, 3.63) is 55.3 Å². The monoisotopic (exact) mass is 473 g/mol. The summed E-state index contributed by atoms with van der Waals surface area (Å²) < 4.78 is 22.0. The van der Waals surface area contributed by atoms with Crippen LogP contribution in [-0.4, -0.2) is 39.7 Å². The van der Waals surface area contributed by atoms with Gasteiger partial charge in [-0.15, -0.1) is 24.9 Å². The largest absolute Gasteiger partial charge is 0.497 e. The highest BCUT2D eigenvalue weighted by Crippen LogP contribution is 2.47. The minimum Gasteiger partial charge on any atom is -0.497 e. The summed E-state index contributed by atoms with van der Waals surface area (Å²) in [5.74, 6) is 2.67. The van der Waals surface area contributed by atoms with Crippen molar-refractivity contribution in [2.45, 2.75) is 23.1 Å². The van der Waals surface area contributed by atoms with Gasteiger partial charge in [0.05, 0.1) is 34.1 Å². The van der Waals surface area contributed by atoms with Crippen LogP contribution in [0.1, 0.15) is 19.0 Å². The van der Waals surface area contributed by atoms with E-state index in [4.69, 9.17) is 18.9 Å². The molecule has 0 aliphatic carbocycles. The van der Waals surface area contributed by atoms with Gasteiger partial charge >= 0.3 is 0 Å². The van der Waals surface area contributed by atoms with Gasteiger partial charge in [0.1, 0.15) is 5.75 Å². The number of rotatable bonds is 9. The Morgan fingerprint density at radius 3 is 2.12 bits per heavy atom. The fraction of sp³-hybridized carbons (Fsp3) is 0.280. The molecular weight excluding hydrogens is 442 g/mol. The molecule has 0 unspecified atom stereocenters. The number of benzene rings is 2. The van der Waals surface area contributed by atoms with Crippen molar-refractivity contribution in [1.82, 2.24) is 4.98 Å². The molecule has 0 fully saturated rings. The van der Waals surface area contributed by atoms with Gasteiger partial charge < -0.3 is 23.9 Å². The minimum atomic E-state index is 0.584. The molecule has 1 N–H and O–H groups in total. The standard InChI is InChI=1S/C23H27NO4S2.C2H4/c1-7-8-20(29-6)21-23(16-11-14(25-2)9-10-17(16)24-21)30-15-12-18(26-3)22(28-5)19(13-15)27-4;1-2/h8-13,24H,7H2,1-6H3;1-2H2/b20-8-;. The van der Waals surface area contributed by atoms with Crippen LogP contribution in [0.5, 0.6) is 23.0 Å². The zero-order chi connectivity index (χ0) is 23.7. The first-order valence-electron chi connectivity index (χ1n) is 10.0. The molecule has 0 radical (unpaired) electrons. The molecular formula is C25H31NO4S2. The van der Waals surface area contributed by atoms with Gasteiger partial charge in [-0.2, -0.15) is 0 Å². The van der Waals surface area contributed by atoms with Gasteiger partial charge in [-0.25, -0.2) is 0 Å². The molecule has 0 atom stereocenters. The first-order chi connectivity index (χ1) is 15.6. The third-order valence-electron chi connectivity index (χ3n) is 4.67. The maximum absolute atomic E-state index is 5.54. The van der Waals surface area contributed by atoms with E-state index in [2.05, 4.69) is 49.5 Å². The normalized spacial score (nSPS) is 11.0. The van der Waals surface area contributed by atoms with Crippen LogP contribution in [0.3, 0.4) is 0 Å². The summed E-state index contributed by atoms with van der Waals surface area (Å²) in [5.41, 5.74) is 2.17. The highest BCUT2D eigenvalue weighted by Gasteiger charge is 2.19. The summed E-state index contributed by atoms with van der Waals surface area (Å²) in [6, 6.07) is 10.0. The van der Waals surface area contributed by atoms with Gasteiger partial charge in [0.25, 0.3) is 0 Å². The Bertz CT molecular complexity index is 1050. The number of fused-ring (bicyclic) bond motifs is 1. The zero-order valence-corrected chi connectivity index (χ0v) is 21.2. The Balaban J connectivity index is 0.00000176. The summed E-state index contributed by atoms with van der Waals surface area (Å²) in [4.78, 5) is 6.93. The first-order valence-corrected chi connectivity index (χ1v) is 12.1. The average molecular weight is 474 g/mol. The summed E-state index contributed by atoms with van der Waals surface area (Å²) >= 11 is 3.40. The Morgan fingerprint density at radius 1 is 0.969 bits per heavy atom. The summed E-state index contributed by atoms with van der Waals surface area (Å²) in [7, 11) is 6.55. The van der Waals surface area contributed by atoms with Crippen LogP contribution in [0.4, 0.5) is 0 Å². The zero-order valence-electron chi connectivity index (χ0n) is 19.5. The van der Waals surface area contributed by atoms with Crippen molar-refractivity contribution < 1.29 is 18.9 Å². The second-order valence-electron chi connectivity index (χ2n) is 6.38. The van der Waals surface area contributed by atoms with Crippen LogP contribution in [0.25, 0.3) is 15.8 Å². The van der Waals surface area contributed by atoms with Crippen LogP contribution in [-0.2, 0) is 0 Å². The average Bonchev–Trinajstić information content (AvgIpc) is 3.19. The predicted octanol–water partition coefficient (Wildman–Crippen LogP) is 7.27. The number of allylic oxidation sites excluding steroid dienone is 1. The van der Waals surface area contributed by atoms with Crippen molar-refractivity contribution in [3.8, 4) is 23.0 Å². The minimum absolute atomic E-state index is 0.584. The van der Waals surface area contributed by atoms with Crippen molar-refractivity contribution in [2.24, 2.45) is 0 Å². The lowest BCUT2D eigenvalue weighted by Gasteiger charge is -2.14. The molecule has 0 saturated carbocycles. The maximum atomic E-state index is 5.54. The highest BCUT2D eigenvalue weighted by atomic mass is 32.2. The number of aromatic nitrogens is 1. The number of nitrogens with one attached hydrogen (secondary N) is 1. The molecule has 172 valence electrons. The lowest BCUT2D eigenvalue weighted by Crippen LogP contribution is -1.95. The number of hydrogen-bond donors (Lipinski definition) is 1. The Labute approximate surface area is 199 Å². The van der Waals surface area contributed by atoms with Crippen LogP contribution < -0.4 is 18.9 Å². The fourth-order valence-electron chi connectivity index (χ4n) is 3.26. The van der Waals surface area contributed by atoms with Crippen molar-refractivity contribution in [1.29, 1.82) is 0 Å². The van der Waals surface area contributed by atoms with Crippen LogP contribution in [0, 0.1) is 0 Å². The van der Waals surface area contributed by atoms with E-state index >= 15 is 0 Å². The Hall–Kier alpha value is -2.64. The Kier molecular flexibility index (Phi) is 9.94. The molecule has 0 spiro atoms. The topological polar surface area (TPSA) is 52.7 Å². The molecule has 2 aromatic carbocycles. The van der Waals surface area contributed by atoms with E-state index in [0.29, 0.717) is 17.2 Å². The van der Waals surface area contributed by atoms with Crippen molar-refractivity contribution >= 4 is 39.3 Å². The third kappa shape index (κ3) is 5.40. The maximum Gasteiger partial charge on any atom is 0.203 e. The molecule has 3 aromatic rings. The van der Waals surface area contributed by atoms with Crippen LogP contribution in [0.15, 0.2) is 59.4 Å². The molecule has 32 heavy (non-hydrogen) atoms. The molecule has 1 heterocycles. The molecule has 5 nitrogen and oxygen atoms in total. The van der Waals surface area contributed by atoms with Crippen LogP contribution in [0.2, 0.25) is 0 Å². The van der Waals surface area contributed by atoms with E-state index in [9.17, 15) is 0 Å². The molecule has 0 aliphatic rings. The van der Waals surface area contributed by atoms with Crippen molar-refractivity contribution in [2.75, 3.05) is 34.7 Å². The second-order valence-corrected chi connectivity index (χ2v) is 8.32. The number of ether oxygens (including phenoxy) is 4. The fourth-order valence-corrected chi connectivity index (χ4v) is 5.12. The third-order valence-corrected chi connectivity index (χ3v) is 6.58. The summed E-state index contributed by atoms with van der Waals surface area (Å²) in [6.45, 7) is 8.15. The van der Waals surface area contributed by atoms with Crippen LogP contribution >= 0.6 is 23.5 Å². The van der Waals surface area contributed by atoms with Gasteiger partial charge in [0.15, 0.2) is 11.5 Å². The van der Waals surface area contributed by atoms with E-state index in [1.807, 2.05) is 18.2 Å². The molecule has 7 heteroatoms. The quantitative estimate of drug-likeness (QED) is 0.330. The molecule has 0 amide bonds. The number of H-pyrrole nitrogens is 1. The van der Waals surface area contributed by atoms with E-state index in [1.165, 1.54) is 4.91 Å². The van der Waals surface area contributed by atoms with E-state index in [-0.39, 0.29) is 0 Å². The van der Waals surface area contributed by atoms with E-state index in [0.717, 1.165) is 38.6 Å². The number of thioether (sulfide) groups is 1. The molecule has 0 bridgehead atoms. The van der Waals surface area contributed by atoms with Gasteiger partial charge in [-0.3, -0.25) is 0 Å². The number of hydrogen-bond acceptors (Lipinski definition) is 6. The number of aromatic amines is 1. The predicted molar refractivity (Wildman–Crippen MR) is 138 cm³/mol. The summed E-state index contributed by atoms with van der Waals surface area (Å²) in [6.07, 6.45) is 5.30. The second kappa shape index (κ2) is 12.4. The Morgan fingerprint density at radius 2 is 1.62 bits per heavy atom. The first kappa shape index (κ1) is 25.6. The molecule has 3 rings (SSSR count). The number of methoxy groups -OCH3 is 4. The smallest absolute Gasteiger partial charge is 0.203 e. The van der Waals surface area contributed by atoms with Gasteiger partial charge in [0, 0.05) is 25.6 Å². The van der Waals surface area contributed by atoms with Gasteiger partial charge in [0.2, 0.25) is 5.75 Å². The molecule has 0 saturated heterocycles. The van der Waals surface area contributed by atoms with E-state index < -0.39 is 0 Å². The lowest BCUT2D eigenvalue weighted by molar-refractivity contribution is 0.323. The highest BCUT2D eigenvalue weighted by molar-refractivity contribution is 8.07. The molecule has 1 aromatic heterocycles. The summed E-state index contributed by atoms with van der Waals surface area (Å²) in [5, 5.41) is 1.11. The molecule has 0 aliphatic heterocycles. The van der Waals surface area contributed by atoms with E-state index in [1.54, 1.807) is 52.0 Å². The van der Waals surface area contributed by atoms with Gasteiger partial charge in [-0.05, 0) is 43.0 Å². The lowest BCUT2D eigenvalue weighted by atomic mass is 10.2.